The summed E-state index contributed by atoms with van der Waals surface area (Å²) in [5, 5.41) is 12.2. The molecule has 19 heavy (non-hydrogen) atoms. The van der Waals surface area contributed by atoms with Crippen molar-refractivity contribution >= 4 is 11.6 Å². The first-order valence-corrected chi connectivity index (χ1v) is 6.82. The number of amides is 1. The van der Waals surface area contributed by atoms with Crippen molar-refractivity contribution < 1.29 is 9.90 Å². The quantitative estimate of drug-likeness (QED) is 0.867. The van der Waals surface area contributed by atoms with Crippen LogP contribution in [0.15, 0.2) is 18.2 Å². The Bertz CT molecular complexity index is 459. The van der Waals surface area contributed by atoms with Crippen molar-refractivity contribution in [2.24, 2.45) is 5.92 Å². The predicted octanol–water partition coefficient (Wildman–Crippen LogP) is 1.45. The largest absolute Gasteiger partial charge is 0.392 e. The van der Waals surface area contributed by atoms with Crippen LogP contribution < -0.4 is 10.2 Å². The monoisotopic (exact) mass is 262 g/mol. The van der Waals surface area contributed by atoms with E-state index in [2.05, 4.69) is 16.3 Å². The number of carbonyl (C=O) groups excluding carboxylic acids is 1. The number of hydrogen-bond acceptors (Lipinski definition) is 3. The maximum atomic E-state index is 11.8. The van der Waals surface area contributed by atoms with Crippen molar-refractivity contribution in [2.45, 2.75) is 26.4 Å². The summed E-state index contributed by atoms with van der Waals surface area (Å²) in [4.78, 5) is 14.0. The number of aliphatic hydroxyl groups is 1. The summed E-state index contributed by atoms with van der Waals surface area (Å²) in [6.07, 6.45) is 1.95. The highest BCUT2D eigenvalue weighted by Gasteiger charge is 2.26. The molecule has 104 valence electrons. The standard InChI is InChI=1S/C15H22N2O2/c1-11-5-6-14(13(8-11)10-18)17-7-3-4-12(9-17)15(19)16-2/h5-6,8,12,18H,3-4,7,9-10H2,1-2H3,(H,16,19). The van der Waals surface area contributed by atoms with Gasteiger partial charge in [0.15, 0.2) is 0 Å². The molecule has 2 N–H and O–H groups in total. The molecule has 4 heteroatoms. The van der Waals surface area contributed by atoms with E-state index in [4.69, 9.17) is 0 Å². The van der Waals surface area contributed by atoms with Crippen LogP contribution in [0.4, 0.5) is 5.69 Å². The maximum absolute atomic E-state index is 11.8. The molecule has 2 rings (SSSR count). The van der Waals surface area contributed by atoms with Crippen LogP contribution in [0, 0.1) is 12.8 Å². The highest BCUT2D eigenvalue weighted by atomic mass is 16.3. The van der Waals surface area contributed by atoms with Gasteiger partial charge in [0.05, 0.1) is 12.5 Å². The van der Waals surface area contributed by atoms with Gasteiger partial charge in [-0.05, 0) is 25.8 Å². The third-order valence-corrected chi connectivity index (χ3v) is 3.78. The molecular formula is C15H22N2O2. The van der Waals surface area contributed by atoms with Crippen LogP contribution in [0.25, 0.3) is 0 Å². The summed E-state index contributed by atoms with van der Waals surface area (Å²) < 4.78 is 0. The van der Waals surface area contributed by atoms with Crippen LogP contribution in [-0.4, -0.2) is 31.2 Å². The van der Waals surface area contributed by atoms with Crippen LogP contribution in [0.5, 0.6) is 0 Å². The number of carbonyl (C=O) groups is 1. The van der Waals surface area contributed by atoms with Gasteiger partial charge >= 0.3 is 0 Å². The van der Waals surface area contributed by atoms with E-state index >= 15 is 0 Å². The molecule has 1 saturated heterocycles. The number of aliphatic hydroxyl groups excluding tert-OH is 1. The van der Waals surface area contributed by atoms with Gasteiger partial charge in [0.25, 0.3) is 0 Å². The number of hydrogen-bond donors (Lipinski definition) is 2. The molecule has 1 aliphatic heterocycles. The summed E-state index contributed by atoms with van der Waals surface area (Å²) in [7, 11) is 1.69. The SMILES string of the molecule is CNC(=O)C1CCCN(c2ccc(C)cc2CO)C1. The van der Waals surface area contributed by atoms with Gasteiger partial charge in [-0.3, -0.25) is 4.79 Å². The topological polar surface area (TPSA) is 52.6 Å². The second-order valence-electron chi connectivity index (χ2n) is 5.19. The minimum absolute atomic E-state index is 0.0398. The van der Waals surface area contributed by atoms with Crippen molar-refractivity contribution in [1.29, 1.82) is 0 Å². The number of anilines is 1. The molecule has 4 nitrogen and oxygen atoms in total. The van der Waals surface area contributed by atoms with E-state index in [9.17, 15) is 9.90 Å². The summed E-state index contributed by atoms with van der Waals surface area (Å²) in [6, 6.07) is 6.12. The van der Waals surface area contributed by atoms with Gasteiger partial charge in [0, 0.05) is 31.4 Å². The van der Waals surface area contributed by atoms with E-state index < -0.39 is 0 Å². The number of aryl methyl sites for hydroxylation is 1. The Hall–Kier alpha value is -1.55. The summed E-state index contributed by atoms with van der Waals surface area (Å²) in [6.45, 7) is 3.74. The van der Waals surface area contributed by atoms with Gasteiger partial charge in [-0.2, -0.15) is 0 Å². The molecular weight excluding hydrogens is 240 g/mol. The van der Waals surface area contributed by atoms with Crippen molar-refractivity contribution in [1.82, 2.24) is 5.32 Å². The van der Waals surface area contributed by atoms with Crippen LogP contribution >= 0.6 is 0 Å². The van der Waals surface area contributed by atoms with E-state index in [-0.39, 0.29) is 18.4 Å². The molecule has 0 bridgehead atoms. The number of benzene rings is 1. The fourth-order valence-electron chi connectivity index (χ4n) is 2.76. The van der Waals surface area contributed by atoms with Crippen molar-refractivity contribution in [3.05, 3.63) is 29.3 Å². The molecule has 1 heterocycles. The first kappa shape index (κ1) is 13.9. The highest BCUT2D eigenvalue weighted by molar-refractivity contribution is 5.79. The second kappa shape index (κ2) is 6.06. The molecule has 0 spiro atoms. The molecule has 1 fully saturated rings. The first-order valence-electron chi connectivity index (χ1n) is 6.82. The zero-order chi connectivity index (χ0) is 13.8. The number of rotatable bonds is 3. The third kappa shape index (κ3) is 3.07. The number of piperidine rings is 1. The van der Waals surface area contributed by atoms with E-state index in [0.717, 1.165) is 42.7 Å². The fourth-order valence-corrected chi connectivity index (χ4v) is 2.76. The lowest BCUT2D eigenvalue weighted by molar-refractivity contribution is -0.124. The molecule has 1 unspecified atom stereocenters. The Balaban J connectivity index is 2.19. The minimum Gasteiger partial charge on any atom is -0.392 e. The van der Waals surface area contributed by atoms with E-state index in [1.165, 1.54) is 0 Å². The molecule has 1 aliphatic rings. The minimum atomic E-state index is 0.0398. The molecule has 0 aliphatic carbocycles. The van der Waals surface area contributed by atoms with Crippen molar-refractivity contribution in [3.8, 4) is 0 Å². The van der Waals surface area contributed by atoms with Crippen LogP contribution in [0.1, 0.15) is 24.0 Å². The van der Waals surface area contributed by atoms with Crippen LogP contribution in [0.2, 0.25) is 0 Å². The predicted molar refractivity (Wildman–Crippen MR) is 76.1 cm³/mol. The lowest BCUT2D eigenvalue weighted by atomic mass is 9.96. The first-order chi connectivity index (χ1) is 9.15. The Kier molecular flexibility index (Phi) is 4.43. The van der Waals surface area contributed by atoms with Crippen molar-refractivity contribution in [3.63, 3.8) is 0 Å². The molecule has 0 saturated carbocycles. The highest BCUT2D eigenvalue weighted by Crippen LogP contribution is 2.27. The number of nitrogens with one attached hydrogen (secondary N) is 1. The van der Waals surface area contributed by atoms with Gasteiger partial charge < -0.3 is 15.3 Å². The average molecular weight is 262 g/mol. The lowest BCUT2D eigenvalue weighted by Gasteiger charge is -2.34. The van der Waals surface area contributed by atoms with Crippen molar-refractivity contribution in [2.75, 3.05) is 25.0 Å². The Labute approximate surface area is 114 Å². The smallest absolute Gasteiger partial charge is 0.224 e. The Morgan fingerprint density at radius 2 is 2.32 bits per heavy atom. The lowest BCUT2D eigenvalue weighted by Crippen LogP contribution is -2.42. The fraction of sp³-hybridized carbons (Fsp3) is 0.533. The molecule has 1 aromatic rings. The zero-order valence-corrected chi connectivity index (χ0v) is 11.6. The van der Waals surface area contributed by atoms with Gasteiger partial charge in [0.2, 0.25) is 5.91 Å². The second-order valence-corrected chi connectivity index (χ2v) is 5.19. The molecule has 0 aromatic heterocycles. The van der Waals surface area contributed by atoms with E-state index in [0.29, 0.717) is 0 Å². The summed E-state index contributed by atoms with van der Waals surface area (Å²) in [5.74, 6) is 0.161. The summed E-state index contributed by atoms with van der Waals surface area (Å²) >= 11 is 0. The average Bonchev–Trinajstić information content (AvgIpc) is 2.46. The molecule has 1 amide bonds. The molecule has 0 radical (unpaired) electrons. The number of nitrogens with zero attached hydrogens (tertiary/aromatic N) is 1. The Morgan fingerprint density at radius 1 is 1.53 bits per heavy atom. The van der Waals surface area contributed by atoms with E-state index in [1.807, 2.05) is 19.1 Å². The molecule has 1 atom stereocenters. The van der Waals surface area contributed by atoms with Gasteiger partial charge in [-0.1, -0.05) is 17.7 Å². The van der Waals surface area contributed by atoms with Gasteiger partial charge in [0.1, 0.15) is 0 Å². The molecule has 1 aromatic carbocycles. The van der Waals surface area contributed by atoms with Crippen LogP contribution in [0.3, 0.4) is 0 Å². The summed E-state index contributed by atoms with van der Waals surface area (Å²) in [5.41, 5.74) is 3.15. The Morgan fingerprint density at radius 3 is 3.00 bits per heavy atom. The van der Waals surface area contributed by atoms with Crippen LogP contribution in [-0.2, 0) is 11.4 Å². The normalized spacial score (nSPS) is 19.3. The maximum Gasteiger partial charge on any atom is 0.224 e. The third-order valence-electron chi connectivity index (χ3n) is 3.78. The zero-order valence-electron chi connectivity index (χ0n) is 11.6. The van der Waals surface area contributed by atoms with Gasteiger partial charge in [-0.25, -0.2) is 0 Å². The van der Waals surface area contributed by atoms with Gasteiger partial charge in [-0.15, -0.1) is 0 Å². The van der Waals surface area contributed by atoms with E-state index in [1.54, 1.807) is 7.05 Å².